The van der Waals surface area contributed by atoms with E-state index in [1.165, 1.54) is 0 Å². The highest BCUT2D eigenvalue weighted by Crippen LogP contribution is 2.17. The lowest BCUT2D eigenvalue weighted by molar-refractivity contribution is 0.365. The van der Waals surface area contributed by atoms with Crippen molar-refractivity contribution in [3.05, 3.63) is 29.8 Å². The molecule has 0 heterocycles. The lowest BCUT2D eigenvalue weighted by Gasteiger charge is -2.08. The normalized spacial score (nSPS) is 9.00. The Balaban J connectivity index is 2.67. The van der Waals surface area contributed by atoms with Crippen LogP contribution in [0.2, 0.25) is 0 Å². The van der Waals surface area contributed by atoms with E-state index in [4.69, 9.17) is 4.74 Å². The van der Waals surface area contributed by atoms with Crippen LogP contribution in [0.15, 0.2) is 24.3 Å². The van der Waals surface area contributed by atoms with Gasteiger partial charge in [-0.1, -0.05) is 24.1 Å². The van der Waals surface area contributed by atoms with E-state index < -0.39 is 0 Å². The maximum Gasteiger partial charge on any atom is 0.149 e. The molecule has 0 spiro atoms. The van der Waals surface area contributed by atoms with E-state index in [-0.39, 0.29) is 0 Å². The van der Waals surface area contributed by atoms with Gasteiger partial charge >= 0.3 is 0 Å². The van der Waals surface area contributed by atoms with Crippen LogP contribution in [-0.4, -0.2) is 13.7 Å². The van der Waals surface area contributed by atoms with Crippen molar-refractivity contribution in [2.45, 2.75) is 13.5 Å². The van der Waals surface area contributed by atoms with Gasteiger partial charge in [-0.3, -0.25) is 0 Å². The molecule has 0 aliphatic carbocycles. The average molecular weight is 189 g/mol. The molecule has 14 heavy (non-hydrogen) atoms. The summed E-state index contributed by atoms with van der Waals surface area (Å²) >= 11 is 0. The predicted molar refractivity (Wildman–Crippen MR) is 58.2 cm³/mol. The van der Waals surface area contributed by atoms with Crippen molar-refractivity contribution in [3.63, 3.8) is 0 Å². The molecule has 0 bridgehead atoms. The monoisotopic (exact) mass is 189 g/mol. The second kappa shape index (κ2) is 6.06. The molecule has 0 aliphatic rings. The summed E-state index contributed by atoms with van der Waals surface area (Å²) in [5, 5.41) is 3.10. The summed E-state index contributed by atoms with van der Waals surface area (Å²) in [6.45, 7) is 3.08. The third-order valence-corrected chi connectivity index (χ3v) is 1.82. The maximum atomic E-state index is 5.52. The van der Waals surface area contributed by atoms with Gasteiger partial charge in [0.1, 0.15) is 12.4 Å². The smallest absolute Gasteiger partial charge is 0.149 e. The predicted octanol–water partition coefficient (Wildman–Crippen LogP) is 1.81. The molecule has 0 unspecified atom stereocenters. The molecule has 0 fully saturated rings. The molecule has 1 aromatic rings. The minimum atomic E-state index is 0.456. The van der Waals surface area contributed by atoms with Crippen molar-refractivity contribution in [2.75, 3.05) is 13.7 Å². The fraction of sp³-hybridized carbons (Fsp3) is 0.333. The molecule has 74 valence electrons. The molecule has 0 aliphatic heterocycles. The van der Waals surface area contributed by atoms with E-state index >= 15 is 0 Å². The Kier molecular flexibility index (Phi) is 4.60. The Morgan fingerprint density at radius 1 is 1.36 bits per heavy atom. The van der Waals surface area contributed by atoms with Gasteiger partial charge in [-0.2, -0.15) is 0 Å². The Morgan fingerprint density at radius 3 is 2.86 bits per heavy atom. The van der Waals surface area contributed by atoms with Crippen LogP contribution in [0.3, 0.4) is 0 Å². The first-order valence-corrected chi connectivity index (χ1v) is 4.63. The lowest BCUT2D eigenvalue weighted by Crippen LogP contribution is -2.07. The minimum Gasteiger partial charge on any atom is -0.481 e. The molecule has 2 heteroatoms. The standard InChI is InChI=1S/C12H15NO/c1-3-4-9-14-12-8-6-5-7-11(12)10-13-2/h5-8,13H,9-10H2,1-2H3. The van der Waals surface area contributed by atoms with E-state index in [2.05, 4.69) is 17.2 Å². The Hall–Kier alpha value is -1.46. The third kappa shape index (κ3) is 3.12. The molecule has 0 saturated heterocycles. The minimum absolute atomic E-state index is 0.456. The van der Waals surface area contributed by atoms with E-state index in [1.54, 1.807) is 0 Å². The number of benzene rings is 1. The molecular weight excluding hydrogens is 174 g/mol. The Morgan fingerprint density at radius 2 is 2.14 bits per heavy atom. The van der Waals surface area contributed by atoms with E-state index in [0.717, 1.165) is 17.9 Å². The van der Waals surface area contributed by atoms with E-state index in [0.29, 0.717) is 6.61 Å². The van der Waals surface area contributed by atoms with Crippen molar-refractivity contribution in [2.24, 2.45) is 0 Å². The zero-order valence-electron chi connectivity index (χ0n) is 8.63. The van der Waals surface area contributed by atoms with Gasteiger partial charge in [0.2, 0.25) is 0 Å². The van der Waals surface area contributed by atoms with Crippen molar-refractivity contribution >= 4 is 0 Å². The summed E-state index contributed by atoms with van der Waals surface area (Å²) in [6.07, 6.45) is 0. The highest BCUT2D eigenvalue weighted by molar-refractivity contribution is 5.33. The molecule has 0 saturated carbocycles. The SMILES string of the molecule is CC#CCOc1ccccc1CNC. The van der Waals surface area contributed by atoms with E-state index in [1.807, 2.05) is 38.2 Å². The summed E-state index contributed by atoms with van der Waals surface area (Å²) < 4.78 is 5.52. The first kappa shape index (κ1) is 10.6. The molecule has 0 radical (unpaired) electrons. The first-order valence-electron chi connectivity index (χ1n) is 4.63. The molecule has 0 aromatic heterocycles. The zero-order valence-corrected chi connectivity index (χ0v) is 8.63. The zero-order chi connectivity index (χ0) is 10.2. The number of rotatable bonds is 4. The molecule has 1 rings (SSSR count). The fourth-order valence-electron chi connectivity index (χ4n) is 1.17. The summed E-state index contributed by atoms with van der Waals surface area (Å²) in [5.74, 6) is 6.58. The summed E-state index contributed by atoms with van der Waals surface area (Å²) in [7, 11) is 1.92. The van der Waals surface area contributed by atoms with E-state index in [9.17, 15) is 0 Å². The van der Waals surface area contributed by atoms with Crippen LogP contribution >= 0.6 is 0 Å². The van der Waals surface area contributed by atoms with Gasteiger partial charge in [0, 0.05) is 12.1 Å². The number of nitrogens with one attached hydrogen (secondary N) is 1. The highest BCUT2D eigenvalue weighted by atomic mass is 16.5. The molecule has 1 aromatic carbocycles. The van der Waals surface area contributed by atoms with Gasteiger partial charge in [-0.25, -0.2) is 0 Å². The van der Waals surface area contributed by atoms with Gasteiger partial charge in [0.05, 0.1) is 0 Å². The molecule has 1 N–H and O–H groups in total. The number of hydrogen-bond acceptors (Lipinski definition) is 2. The lowest BCUT2D eigenvalue weighted by atomic mass is 10.2. The molecule has 2 nitrogen and oxygen atoms in total. The van der Waals surface area contributed by atoms with Gasteiger partial charge in [-0.15, -0.1) is 5.92 Å². The number of para-hydroxylation sites is 1. The van der Waals surface area contributed by atoms with Crippen molar-refractivity contribution in [1.82, 2.24) is 5.32 Å². The van der Waals surface area contributed by atoms with Crippen molar-refractivity contribution < 1.29 is 4.74 Å². The van der Waals surface area contributed by atoms with Crippen LogP contribution in [0.25, 0.3) is 0 Å². The van der Waals surface area contributed by atoms with Crippen LogP contribution in [0.1, 0.15) is 12.5 Å². The van der Waals surface area contributed by atoms with Crippen LogP contribution < -0.4 is 10.1 Å². The molecule has 0 atom stereocenters. The van der Waals surface area contributed by atoms with Crippen LogP contribution in [-0.2, 0) is 6.54 Å². The maximum absolute atomic E-state index is 5.52. The second-order valence-electron chi connectivity index (χ2n) is 2.85. The van der Waals surface area contributed by atoms with Gasteiger partial charge in [-0.05, 0) is 20.0 Å². The molecular formula is C12H15NO. The largest absolute Gasteiger partial charge is 0.481 e. The summed E-state index contributed by atoms with van der Waals surface area (Å²) in [6, 6.07) is 7.98. The molecule has 0 amide bonds. The van der Waals surface area contributed by atoms with Gasteiger partial charge in [0.15, 0.2) is 0 Å². The van der Waals surface area contributed by atoms with Crippen LogP contribution in [0, 0.1) is 11.8 Å². The first-order chi connectivity index (χ1) is 6.88. The topological polar surface area (TPSA) is 21.3 Å². The summed E-state index contributed by atoms with van der Waals surface area (Å²) in [4.78, 5) is 0. The number of hydrogen-bond donors (Lipinski definition) is 1. The quantitative estimate of drug-likeness (QED) is 0.729. The second-order valence-corrected chi connectivity index (χ2v) is 2.85. The number of ether oxygens (including phenoxy) is 1. The van der Waals surface area contributed by atoms with Crippen molar-refractivity contribution in [3.8, 4) is 17.6 Å². The van der Waals surface area contributed by atoms with Crippen LogP contribution in [0.5, 0.6) is 5.75 Å². The summed E-state index contributed by atoms with van der Waals surface area (Å²) in [5.41, 5.74) is 1.16. The Labute approximate surface area is 85.3 Å². The highest BCUT2D eigenvalue weighted by Gasteiger charge is 1.99. The average Bonchev–Trinajstić information content (AvgIpc) is 2.21. The fourth-order valence-corrected chi connectivity index (χ4v) is 1.17. The van der Waals surface area contributed by atoms with Crippen molar-refractivity contribution in [1.29, 1.82) is 0 Å². The third-order valence-electron chi connectivity index (χ3n) is 1.82. The van der Waals surface area contributed by atoms with Gasteiger partial charge < -0.3 is 10.1 Å². The van der Waals surface area contributed by atoms with Gasteiger partial charge in [0.25, 0.3) is 0 Å². The van der Waals surface area contributed by atoms with Crippen LogP contribution in [0.4, 0.5) is 0 Å². The Bertz CT molecular complexity index is 336.